The molecule has 0 radical (unpaired) electrons. The van der Waals surface area contributed by atoms with Crippen LogP contribution in [0.4, 0.5) is 0 Å². The highest BCUT2D eigenvalue weighted by Crippen LogP contribution is 2.47. The van der Waals surface area contributed by atoms with Crippen LogP contribution in [0.2, 0.25) is 0 Å². The molecule has 1 fully saturated rings. The Morgan fingerprint density at radius 1 is 1.25 bits per heavy atom. The van der Waals surface area contributed by atoms with E-state index in [1.165, 1.54) is 0 Å². The van der Waals surface area contributed by atoms with Gasteiger partial charge in [0.2, 0.25) is 0 Å². The molecule has 2 N–H and O–H groups in total. The molecule has 1 rings (SSSR count). The molecule has 3 atom stereocenters. The van der Waals surface area contributed by atoms with Crippen molar-refractivity contribution in [2.75, 3.05) is 0 Å². The van der Waals surface area contributed by atoms with Crippen LogP contribution in [0.1, 0.15) is 71.6 Å². The second-order valence-electron chi connectivity index (χ2n) is 6.22. The summed E-state index contributed by atoms with van der Waals surface area (Å²) >= 11 is 0. The second kappa shape index (κ2) is 7.65. The van der Waals surface area contributed by atoms with Crippen molar-refractivity contribution >= 4 is 11.9 Å². The van der Waals surface area contributed by atoms with E-state index >= 15 is 0 Å². The predicted molar refractivity (Wildman–Crippen MR) is 77.6 cm³/mol. The maximum Gasteiger partial charge on any atom is 0.310 e. The van der Waals surface area contributed by atoms with Gasteiger partial charge in [-0.25, -0.2) is 0 Å². The zero-order valence-electron chi connectivity index (χ0n) is 12.7. The molecule has 3 unspecified atom stereocenters. The summed E-state index contributed by atoms with van der Waals surface area (Å²) in [5.74, 6) is -2.23. The molecule has 1 saturated carbocycles. The Morgan fingerprint density at radius 3 is 2.45 bits per heavy atom. The highest BCUT2D eigenvalue weighted by molar-refractivity contribution is 5.83. The Hall–Kier alpha value is -1.06. The van der Waals surface area contributed by atoms with E-state index in [1.807, 2.05) is 0 Å². The molecule has 4 nitrogen and oxygen atoms in total. The lowest BCUT2D eigenvalue weighted by Gasteiger charge is -2.40. The lowest BCUT2D eigenvalue weighted by atomic mass is 9.61. The van der Waals surface area contributed by atoms with E-state index in [0.29, 0.717) is 25.2 Å². The minimum atomic E-state index is -1.04. The van der Waals surface area contributed by atoms with Crippen LogP contribution in [0.5, 0.6) is 0 Å². The first kappa shape index (κ1) is 17.0. The summed E-state index contributed by atoms with van der Waals surface area (Å²) in [6.45, 7) is 4.20. The molecular formula is C16H28O4. The van der Waals surface area contributed by atoms with Gasteiger partial charge >= 0.3 is 11.9 Å². The quantitative estimate of drug-likeness (QED) is 0.708. The van der Waals surface area contributed by atoms with Crippen molar-refractivity contribution in [1.82, 2.24) is 0 Å². The zero-order chi connectivity index (χ0) is 15.2. The molecule has 0 heterocycles. The Balaban J connectivity index is 2.93. The lowest BCUT2D eigenvalue weighted by molar-refractivity contribution is -0.167. The first-order valence-corrected chi connectivity index (χ1v) is 7.94. The number of hydrogen-bond acceptors (Lipinski definition) is 2. The summed E-state index contributed by atoms with van der Waals surface area (Å²) in [6, 6.07) is 0. The largest absolute Gasteiger partial charge is 0.481 e. The summed E-state index contributed by atoms with van der Waals surface area (Å²) in [6.07, 6.45) is 7.34. The van der Waals surface area contributed by atoms with E-state index in [9.17, 15) is 19.8 Å². The molecule has 1 aliphatic rings. The highest BCUT2D eigenvalue weighted by atomic mass is 16.4. The first-order chi connectivity index (χ1) is 9.47. The van der Waals surface area contributed by atoms with Crippen molar-refractivity contribution in [2.45, 2.75) is 71.6 Å². The van der Waals surface area contributed by atoms with Gasteiger partial charge in [-0.3, -0.25) is 9.59 Å². The number of carboxylic acid groups (broad SMARTS) is 2. The second-order valence-corrected chi connectivity index (χ2v) is 6.22. The molecule has 0 bridgehead atoms. The molecule has 0 amide bonds. The monoisotopic (exact) mass is 284 g/mol. The van der Waals surface area contributed by atoms with Crippen molar-refractivity contribution < 1.29 is 19.8 Å². The predicted octanol–water partition coefficient (Wildman–Crippen LogP) is 3.94. The van der Waals surface area contributed by atoms with Gasteiger partial charge in [0.05, 0.1) is 11.3 Å². The molecule has 0 aromatic carbocycles. The third-order valence-corrected chi connectivity index (χ3v) is 4.95. The molecule has 116 valence electrons. The van der Waals surface area contributed by atoms with Crippen LogP contribution in [-0.2, 0) is 9.59 Å². The van der Waals surface area contributed by atoms with Crippen molar-refractivity contribution in [1.29, 1.82) is 0 Å². The van der Waals surface area contributed by atoms with Crippen molar-refractivity contribution in [3.63, 3.8) is 0 Å². The van der Waals surface area contributed by atoms with Gasteiger partial charge in [-0.2, -0.15) is 0 Å². The van der Waals surface area contributed by atoms with Crippen LogP contribution in [0.3, 0.4) is 0 Å². The van der Waals surface area contributed by atoms with Crippen molar-refractivity contribution in [2.24, 2.45) is 17.3 Å². The summed E-state index contributed by atoms with van der Waals surface area (Å²) in [7, 11) is 0. The number of carboxylic acids is 2. The van der Waals surface area contributed by atoms with E-state index in [-0.39, 0.29) is 0 Å². The summed E-state index contributed by atoms with van der Waals surface area (Å²) in [4.78, 5) is 23.3. The summed E-state index contributed by atoms with van der Waals surface area (Å²) in [5, 5.41) is 19.1. The standard InChI is InChI=1S/C16H28O4/c1-3-5-8-12(4-2)11-16(15(19)20)10-7-6-9-13(16)14(17)18/h12-13H,3-11H2,1-2H3,(H,17,18)(H,19,20). The van der Waals surface area contributed by atoms with Crippen LogP contribution in [0, 0.1) is 17.3 Å². The molecule has 20 heavy (non-hydrogen) atoms. The Morgan fingerprint density at radius 2 is 1.95 bits per heavy atom. The number of rotatable bonds is 8. The van der Waals surface area contributed by atoms with Gasteiger partial charge in [0.25, 0.3) is 0 Å². The van der Waals surface area contributed by atoms with Crippen LogP contribution >= 0.6 is 0 Å². The summed E-state index contributed by atoms with van der Waals surface area (Å²) < 4.78 is 0. The fourth-order valence-electron chi connectivity index (χ4n) is 3.65. The van der Waals surface area contributed by atoms with Gasteiger partial charge in [-0.05, 0) is 25.2 Å². The maximum absolute atomic E-state index is 11.9. The third kappa shape index (κ3) is 3.74. The lowest BCUT2D eigenvalue weighted by Crippen LogP contribution is -2.46. The van der Waals surface area contributed by atoms with Gasteiger partial charge in [-0.1, -0.05) is 52.4 Å². The SMILES string of the molecule is CCCCC(CC)CC1(C(=O)O)CCCCC1C(=O)O. The molecule has 0 aromatic heterocycles. The fourth-order valence-corrected chi connectivity index (χ4v) is 3.65. The van der Waals surface area contributed by atoms with Gasteiger partial charge in [0.1, 0.15) is 0 Å². The van der Waals surface area contributed by atoms with E-state index in [0.717, 1.165) is 38.5 Å². The van der Waals surface area contributed by atoms with E-state index in [4.69, 9.17) is 0 Å². The maximum atomic E-state index is 11.9. The van der Waals surface area contributed by atoms with Gasteiger partial charge in [0.15, 0.2) is 0 Å². The van der Waals surface area contributed by atoms with Crippen LogP contribution in [-0.4, -0.2) is 22.2 Å². The van der Waals surface area contributed by atoms with Crippen molar-refractivity contribution in [3.8, 4) is 0 Å². The molecule has 0 spiro atoms. The zero-order valence-corrected chi connectivity index (χ0v) is 12.7. The molecule has 0 aliphatic heterocycles. The van der Waals surface area contributed by atoms with Gasteiger partial charge < -0.3 is 10.2 Å². The molecular weight excluding hydrogens is 256 g/mol. The van der Waals surface area contributed by atoms with E-state index in [1.54, 1.807) is 0 Å². The van der Waals surface area contributed by atoms with Crippen molar-refractivity contribution in [3.05, 3.63) is 0 Å². The Kier molecular flexibility index (Phi) is 6.50. The molecule has 0 saturated heterocycles. The smallest absolute Gasteiger partial charge is 0.310 e. The van der Waals surface area contributed by atoms with Gasteiger partial charge in [0, 0.05) is 0 Å². The Bertz CT molecular complexity index is 339. The van der Waals surface area contributed by atoms with E-state index in [2.05, 4.69) is 13.8 Å². The number of carbonyl (C=O) groups is 2. The first-order valence-electron chi connectivity index (χ1n) is 7.94. The number of aliphatic carboxylic acids is 2. The van der Waals surface area contributed by atoms with E-state index < -0.39 is 23.3 Å². The highest BCUT2D eigenvalue weighted by Gasteiger charge is 2.51. The average molecular weight is 284 g/mol. The van der Waals surface area contributed by atoms with Crippen LogP contribution in [0.25, 0.3) is 0 Å². The van der Waals surface area contributed by atoms with Crippen LogP contribution < -0.4 is 0 Å². The topological polar surface area (TPSA) is 74.6 Å². The number of hydrogen-bond donors (Lipinski definition) is 2. The van der Waals surface area contributed by atoms with Crippen LogP contribution in [0.15, 0.2) is 0 Å². The molecule has 4 heteroatoms. The molecule has 0 aromatic rings. The third-order valence-electron chi connectivity index (χ3n) is 4.95. The fraction of sp³-hybridized carbons (Fsp3) is 0.875. The minimum absolute atomic E-state index is 0.325. The average Bonchev–Trinajstić information content (AvgIpc) is 2.43. The number of unbranched alkanes of at least 4 members (excludes halogenated alkanes) is 1. The summed E-state index contributed by atoms with van der Waals surface area (Å²) in [5.41, 5.74) is -1.04. The normalized spacial score (nSPS) is 28.0. The minimum Gasteiger partial charge on any atom is -0.481 e. The van der Waals surface area contributed by atoms with Gasteiger partial charge in [-0.15, -0.1) is 0 Å². The molecule has 1 aliphatic carbocycles. The Labute approximate surface area is 121 Å².